The van der Waals surface area contributed by atoms with Crippen LogP contribution < -0.4 is 5.73 Å². The van der Waals surface area contributed by atoms with E-state index in [-0.39, 0.29) is 16.5 Å². The van der Waals surface area contributed by atoms with Crippen LogP contribution in [0.1, 0.15) is 73.6 Å². The number of amides is 1. The number of hydrogen-bond donors (Lipinski definition) is 1. The van der Waals surface area contributed by atoms with Gasteiger partial charge in [-0.05, 0) is 75.4 Å². The Hall–Kier alpha value is -0.353. The first-order valence-electron chi connectivity index (χ1n) is 9.25. The zero-order valence-electron chi connectivity index (χ0n) is 16.7. The van der Waals surface area contributed by atoms with Crippen LogP contribution in [0.3, 0.4) is 0 Å². The molecule has 0 bridgehead atoms. The van der Waals surface area contributed by atoms with Crippen molar-refractivity contribution in [1.29, 1.82) is 0 Å². The molecule has 0 radical (unpaired) electrons. The minimum absolute atomic E-state index is 0.0547. The average molecular weight is 342 g/mol. The van der Waals surface area contributed by atoms with Crippen molar-refractivity contribution in [3.05, 3.63) is 0 Å². The molecule has 1 amide bonds. The van der Waals surface area contributed by atoms with E-state index in [9.17, 15) is 4.79 Å². The van der Waals surface area contributed by atoms with E-state index >= 15 is 0 Å². The van der Waals surface area contributed by atoms with Crippen molar-refractivity contribution in [3.63, 3.8) is 0 Å². The molecule has 0 aromatic heterocycles. The lowest BCUT2D eigenvalue weighted by atomic mass is 9.71. The Bertz CT molecular complexity index is 404. The summed E-state index contributed by atoms with van der Waals surface area (Å²) in [5, 5.41) is 0.247. The summed E-state index contributed by atoms with van der Waals surface area (Å²) >= 11 is 0. The van der Waals surface area contributed by atoms with Gasteiger partial charge in [0.1, 0.15) is 0 Å². The average Bonchev–Trinajstić information content (AvgIpc) is 2.35. The van der Waals surface area contributed by atoms with Crippen LogP contribution in [0.15, 0.2) is 0 Å². The predicted molar refractivity (Wildman–Crippen MR) is 101 cm³/mol. The molecule has 1 aliphatic rings. The minimum atomic E-state index is -1.75. The van der Waals surface area contributed by atoms with Crippen LogP contribution in [0.2, 0.25) is 18.1 Å². The summed E-state index contributed by atoms with van der Waals surface area (Å²) in [7, 11) is -1.75. The van der Waals surface area contributed by atoms with E-state index in [0.29, 0.717) is 24.2 Å². The Kier molecular flexibility index (Phi) is 6.53. The van der Waals surface area contributed by atoms with Gasteiger partial charge in [0.05, 0.1) is 5.60 Å². The number of carbonyl (C=O) groups excluding carboxylic acids is 1. The highest BCUT2D eigenvalue weighted by Gasteiger charge is 2.44. The molecule has 2 N–H and O–H groups in total. The van der Waals surface area contributed by atoms with Gasteiger partial charge < -0.3 is 10.2 Å². The quantitative estimate of drug-likeness (QED) is 0.683. The summed E-state index contributed by atoms with van der Waals surface area (Å²) < 4.78 is 6.75. The molecule has 0 heterocycles. The molecule has 0 spiro atoms. The second-order valence-corrected chi connectivity index (χ2v) is 14.4. The maximum atomic E-state index is 11.1. The summed E-state index contributed by atoms with van der Waals surface area (Å²) in [5.41, 5.74) is 5.30. The summed E-state index contributed by atoms with van der Waals surface area (Å²) in [6.07, 6.45) is 5.33. The van der Waals surface area contributed by atoms with Crippen LogP contribution in [0.4, 0.5) is 0 Å². The lowest BCUT2D eigenvalue weighted by Crippen LogP contribution is -2.51. The van der Waals surface area contributed by atoms with E-state index in [2.05, 4.69) is 54.6 Å². The van der Waals surface area contributed by atoms with E-state index in [1.165, 1.54) is 25.7 Å². The Balaban J connectivity index is 2.63. The summed E-state index contributed by atoms with van der Waals surface area (Å²) in [6.45, 7) is 18.3. The van der Waals surface area contributed by atoms with Crippen molar-refractivity contribution in [1.82, 2.24) is 0 Å². The largest absolute Gasteiger partial charge is 0.412 e. The third-order valence-corrected chi connectivity index (χ3v) is 11.1. The normalized spacial score (nSPS) is 25.2. The number of primary amides is 1. The van der Waals surface area contributed by atoms with Crippen LogP contribution >= 0.6 is 0 Å². The number of nitrogens with two attached hydrogens (primary N) is 1. The van der Waals surface area contributed by atoms with Crippen molar-refractivity contribution >= 4 is 14.2 Å². The minimum Gasteiger partial charge on any atom is -0.412 e. The molecule has 4 heteroatoms. The topological polar surface area (TPSA) is 52.3 Å². The van der Waals surface area contributed by atoms with Gasteiger partial charge in [0.15, 0.2) is 8.32 Å². The molecule has 0 aromatic carbocycles. The zero-order valence-corrected chi connectivity index (χ0v) is 17.7. The summed E-state index contributed by atoms with van der Waals surface area (Å²) in [6, 6.07) is 0. The van der Waals surface area contributed by atoms with Crippen molar-refractivity contribution in [2.24, 2.45) is 23.5 Å². The number of hydrogen-bond acceptors (Lipinski definition) is 2. The molecular weight excluding hydrogens is 302 g/mol. The second kappa shape index (κ2) is 7.26. The van der Waals surface area contributed by atoms with Gasteiger partial charge >= 0.3 is 0 Å². The Morgan fingerprint density at radius 2 is 1.61 bits per heavy atom. The van der Waals surface area contributed by atoms with E-state index in [0.717, 1.165) is 0 Å². The SMILES string of the molecule is CC(CC(N)=O)C1CCC(C(C)(C)O[Si](C)(C)C(C)(C)C)CC1. The molecule has 1 saturated carbocycles. The smallest absolute Gasteiger partial charge is 0.217 e. The fourth-order valence-corrected chi connectivity index (χ4v) is 5.55. The fraction of sp³-hybridized carbons (Fsp3) is 0.947. The van der Waals surface area contributed by atoms with E-state index < -0.39 is 8.32 Å². The molecule has 1 atom stereocenters. The molecule has 136 valence electrons. The molecule has 23 heavy (non-hydrogen) atoms. The molecular formula is C19H39NO2Si. The van der Waals surface area contributed by atoms with Crippen molar-refractivity contribution < 1.29 is 9.22 Å². The molecule has 1 unspecified atom stereocenters. The number of carbonyl (C=O) groups is 1. The molecule has 1 rings (SSSR count). The Morgan fingerprint density at radius 3 is 2.00 bits per heavy atom. The van der Waals surface area contributed by atoms with Gasteiger partial charge in [-0.3, -0.25) is 4.79 Å². The molecule has 3 nitrogen and oxygen atoms in total. The first-order chi connectivity index (χ1) is 10.3. The molecule has 1 aliphatic carbocycles. The first-order valence-corrected chi connectivity index (χ1v) is 12.2. The van der Waals surface area contributed by atoms with E-state index in [1.807, 2.05) is 0 Å². The van der Waals surface area contributed by atoms with Gasteiger partial charge in [-0.15, -0.1) is 0 Å². The second-order valence-electron chi connectivity index (χ2n) is 9.73. The van der Waals surface area contributed by atoms with Gasteiger partial charge in [0, 0.05) is 6.42 Å². The molecule has 1 fully saturated rings. The first kappa shape index (κ1) is 20.7. The highest BCUT2D eigenvalue weighted by atomic mass is 28.4. The highest BCUT2D eigenvalue weighted by Crippen LogP contribution is 2.45. The van der Waals surface area contributed by atoms with Crippen molar-refractivity contribution in [2.75, 3.05) is 0 Å². The highest BCUT2D eigenvalue weighted by molar-refractivity contribution is 6.74. The van der Waals surface area contributed by atoms with Gasteiger partial charge in [-0.1, -0.05) is 27.7 Å². The third kappa shape index (κ3) is 5.59. The van der Waals surface area contributed by atoms with Gasteiger partial charge in [-0.25, -0.2) is 0 Å². The zero-order chi connectivity index (χ0) is 18.1. The van der Waals surface area contributed by atoms with Crippen LogP contribution in [0.25, 0.3) is 0 Å². The van der Waals surface area contributed by atoms with Gasteiger partial charge in [0.25, 0.3) is 0 Å². The van der Waals surface area contributed by atoms with Crippen molar-refractivity contribution in [2.45, 2.75) is 97.4 Å². The van der Waals surface area contributed by atoms with Crippen LogP contribution in [0.5, 0.6) is 0 Å². The summed E-state index contributed by atoms with van der Waals surface area (Å²) in [4.78, 5) is 11.1. The maximum Gasteiger partial charge on any atom is 0.217 e. The molecule has 0 saturated heterocycles. The monoisotopic (exact) mass is 341 g/mol. The van der Waals surface area contributed by atoms with Gasteiger partial charge in [0.2, 0.25) is 5.91 Å². The maximum absolute atomic E-state index is 11.1. The fourth-order valence-electron chi connectivity index (χ4n) is 3.76. The molecule has 0 aromatic rings. The van der Waals surface area contributed by atoms with E-state index in [4.69, 9.17) is 10.2 Å². The predicted octanol–water partition coefficient (Wildman–Crippen LogP) is 5.10. The Labute approximate surface area is 144 Å². The summed E-state index contributed by atoms with van der Waals surface area (Å²) in [5.74, 6) is 1.51. The van der Waals surface area contributed by atoms with Crippen LogP contribution in [-0.4, -0.2) is 19.8 Å². The van der Waals surface area contributed by atoms with Crippen molar-refractivity contribution in [3.8, 4) is 0 Å². The van der Waals surface area contributed by atoms with Gasteiger partial charge in [-0.2, -0.15) is 0 Å². The lowest BCUT2D eigenvalue weighted by molar-refractivity contribution is -0.119. The van der Waals surface area contributed by atoms with Crippen LogP contribution in [0, 0.1) is 17.8 Å². The van der Waals surface area contributed by atoms with Crippen LogP contribution in [-0.2, 0) is 9.22 Å². The van der Waals surface area contributed by atoms with E-state index in [1.54, 1.807) is 0 Å². The Morgan fingerprint density at radius 1 is 1.13 bits per heavy atom. The lowest BCUT2D eigenvalue weighted by Gasteiger charge is -2.48. The number of rotatable bonds is 6. The standard InChI is InChI=1S/C19H39NO2Si/c1-14(13-17(20)21)15-9-11-16(12-10-15)19(5,6)22-23(7,8)18(2,3)4/h14-16H,9-13H2,1-8H3,(H2,20,21). The molecule has 0 aliphatic heterocycles. The third-order valence-electron chi connectivity index (χ3n) is 6.41.